The molecule has 1 atom stereocenters. The maximum atomic E-state index is 5.92. The average Bonchev–Trinajstić information content (AvgIpc) is 2.56. The van der Waals surface area contributed by atoms with Gasteiger partial charge in [-0.25, -0.2) is 0 Å². The summed E-state index contributed by atoms with van der Waals surface area (Å²) < 4.78 is 0. The van der Waals surface area contributed by atoms with Crippen molar-refractivity contribution in [2.75, 3.05) is 31.1 Å². The van der Waals surface area contributed by atoms with Crippen LogP contribution in [0.1, 0.15) is 50.6 Å². The summed E-state index contributed by atoms with van der Waals surface area (Å²) in [6, 6.07) is 9.78. The van der Waals surface area contributed by atoms with Crippen LogP contribution in [0.4, 0.5) is 5.69 Å². The lowest BCUT2D eigenvalue weighted by Crippen LogP contribution is -2.46. The van der Waals surface area contributed by atoms with Crippen molar-refractivity contribution in [2.24, 2.45) is 5.73 Å². The van der Waals surface area contributed by atoms with Gasteiger partial charge in [-0.1, -0.05) is 18.6 Å². The van der Waals surface area contributed by atoms with Crippen LogP contribution in [-0.2, 0) is 0 Å². The highest BCUT2D eigenvalue weighted by molar-refractivity contribution is 5.48. The highest BCUT2D eigenvalue weighted by Crippen LogP contribution is 2.25. The predicted octanol–water partition coefficient (Wildman–Crippen LogP) is 3.16. The minimum absolute atomic E-state index is 0.129. The zero-order valence-electron chi connectivity index (χ0n) is 13.3. The number of benzene rings is 1. The van der Waals surface area contributed by atoms with Crippen LogP contribution in [-0.4, -0.2) is 37.1 Å². The van der Waals surface area contributed by atoms with Gasteiger partial charge in [-0.2, -0.15) is 0 Å². The number of piperidine rings is 2. The van der Waals surface area contributed by atoms with Crippen molar-refractivity contribution in [3.8, 4) is 0 Å². The topological polar surface area (TPSA) is 32.5 Å². The van der Waals surface area contributed by atoms with Crippen LogP contribution in [0, 0.1) is 0 Å². The molecule has 0 bridgehead atoms. The van der Waals surface area contributed by atoms with E-state index in [1.807, 2.05) is 6.92 Å². The van der Waals surface area contributed by atoms with E-state index in [9.17, 15) is 0 Å². The van der Waals surface area contributed by atoms with Gasteiger partial charge in [0, 0.05) is 30.9 Å². The van der Waals surface area contributed by atoms with Crippen molar-refractivity contribution in [2.45, 2.75) is 51.1 Å². The molecule has 0 aliphatic carbocycles. The molecule has 116 valence electrons. The normalized spacial score (nSPS) is 23.2. The molecule has 3 rings (SSSR count). The molecule has 2 aliphatic rings. The predicted molar refractivity (Wildman–Crippen MR) is 89.7 cm³/mol. The molecule has 0 radical (unpaired) electrons. The van der Waals surface area contributed by atoms with Crippen LogP contribution in [0.3, 0.4) is 0 Å². The molecule has 2 saturated heterocycles. The van der Waals surface area contributed by atoms with Gasteiger partial charge < -0.3 is 15.5 Å². The molecule has 3 nitrogen and oxygen atoms in total. The molecule has 0 unspecified atom stereocenters. The quantitative estimate of drug-likeness (QED) is 0.927. The van der Waals surface area contributed by atoms with Crippen LogP contribution < -0.4 is 10.6 Å². The summed E-state index contributed by atoms with van der Waals surface area (Å²) in [5.41, 5.74) is 8.51. The fourth-order valence-electron chi connectivity index (χ4n) is 3.76. The third-order valence-electron chi connectivity index (χ3n) is 5.16. The monoisotopic (exact) mass is 287 g/mol. The number of nitrogens with two attached hydrogens (primary N) is 1. The summed E-state index contributed by atoms with van der Waals surface area (Å²) in [5, 5.41) is 0. The highest BCUT2D eigenvalue weighted by atomic mass is 15.2. The van der Waals surface area contributed by atoms with E-state index >= 15 is 0 Å². The summed E-state index contributed by atoms with van der Waals surface area (Å²) >= 11 is 0. The van der Waals surface area contributed by atoms with Crippen LogP contribution in [0.25, 0.3) is 0 Å². The summed E-state index contributed by atoms with van der Waals surface area (Å²) in [6.45, 7) is 7.08. The number of anilines is 1. The van der Waals surface area contributed by atoms with Crippen LogP contribution in [0.15, 0.2) is 24.3 Å². The van der Waals surface area contributed by atoms with E-state index in [-0.39, 0.29) is 6.04 Å². The van der Waals surface area contributed by atoms with E-state index in [0.29, 0.717) is 0 Å². The molecule has 0 spiro atoms. The summed E-state index contributed by atoms with van der Waals surface area (Å²) in [5.74, 6) is 0. The first-order valence-electron chi connectivity index (χ1n) is 8.58. The average molecular weight is 287 g/mol. The first-order chi connectivity index (χ1) is 10.2. The fourth-order valence-corrected chi connectivity index (χ4v) is 3.76. The van der Waals surface area contributed by atoms with Crippen molar-refractivity contribution in [1.29, 1.82) is 0 Å². The molecule has 21 heavy (non-hydrogen) atoms. The molecule has 0 amide bonds. The van der Waals surface area contributed by atoms with Crippen molar-refractivity contribution in [3.05, 3.63) is 29.8 Å². The van der Waals surface area contributed by atoms with Gasteiger partial charge in [-0.3, -0.25) is 0 Å². The second-order valence-corrected chi connectivity index (χ2v) is 6.70. The Bertz CT molecular complexity index is 426. The molecule has 2 N–H and O–H groups in total. The van der Waals surface area contributed by atoms with Crippen molar-refractivity contribution < 1.29 is 0 Å². The minimum Gasteiger partial charge on any atom is -0.371 e. The van der Waals surface area contributed by atoms with E-state index in [1.165, 1.54) is 69.5 Å². The van der Waals surface area contributed by atoms with E-state index in [1.54, 1.807) is 0 Å². The number of likely N-dealkylation sites (tertiary alicyclic amines) is 1. The van der Waals surface area contributed by atoms with Gasteiger partial charge in [-0.15, -0.1) is 0 Å². The molecular formula is C18H29N3. The smallest absolute Gasteiger partial charge is 0.0366 e. The zero-order valence-corrected chi connectivity index (χ0v) is 13.3. The molecule has 3 heteroatoms. The van der Waals surface area contributed by atoms with Gasteiger partial charge in [0.2, 0.25) is 0 Å². The Morgan fingerprint density at radius 1 is 0.952 bits per heavy atom. The van der Waals surface area contributed by atoms with Crippen molar-refractivity contribution in [1.82, 2.24) is 4.90 Å². The van der Waals surface area contributed by atoms with Gasteiger partial charge in [0.25, 0.3) is 0 Å². The number of hydrogen-bond donors (Lipinski definition) is 1. The Kier molecular flexibility index (Phi) is 4.81. The molecule has 0 saturated carbocycles. The first-order valence-corrected chi connectivity index (χ1v) is 8.58. The first kappa shape index (κ1) is 14.9. The van der Waals surface area contributed by atoms with Gasteiger partial charge in [0.1, 0.15) is 0 Å². The van der Waals surface area contributed by atoms with Crippen molar-refractivity contribution in [3.63, 3.8) is 0 Å². The van der Waals surface area contributed by atoms with E-state index in [2.05, 4.69) is 34.1 Å². The number of nitrogens with zero attached hydrogens (tertiary/aromatic N) is 2. The second-order valence-electron chi connectivity index (χ2n) is 6.70. The zero-order chi connectivity index (χ0) is 14.7. The summed E-state index contributed by atoms with van der Waals surface area (Å²) in [6.07, 6.45) is 6.86. The molecule has 2 fully saturated rings. The van der Waals surface area contributed by atoms with Gasteiger partial charge in [0.15, 0.2) is 0 Å². The standard InChI is InChI=1S/C18H29N3/c1-15(19)16-5-7-17(8-6-16)21-13-9-18(10-14-21)20-11-3-2-4-12-20/h5-8,15,18H,2-4,9-14,19H2,1H3/t15-/m0/s1. The van der Waals surface area contributed by atoms with Crippen LogP contribution in [0.2, 0.25) is 0 Å². The maximum Gasteiger partial charge on any atom is 0.0366 e. The Labute approximate surface area is 129 Å². The van der Waals surface area contributed by atoms with Gasteiger partial charge in [-0.05, 0) is 63.4 Å². The van der Waals surface area contributed by atoms with E-state index in [4.69, 9.17) is 5.73 Å². The molecule has 1 aromatic carbocycles. The third-order valence-corrected chi connectivity index (χ3v) is 5.16. The van der Waals surface area contributed by atoms with Crippen LogP contribution >= 0.6 is 0 Å². The molecule has 0 aromatic heterocycles. The largest absolute Gasteiger partial charge is 0.371 e. The highest BCUT2D eigenvalue weighted by Gasteiger charge is 2.25. The Hall–Kier alpha value is -1.06. The molecule has 2 aliphatic heterocycles. The van der Waals surface area contributed by atoms with E-state index in [0.717, 1.165) is 6.04 Å². The molecule has 1 aromatic rings. The minimum atomic E-state index is 0.129. The third kappa shape index (κ3) is 3.58. The Morgan fingerprint density at radius 3 is 2.14 bits per heavy atom. The van der Waals surface area contributed by atoms with E-state index < -0.39 is 0 Å². The SMILES string of the molecule is C[C@H](N)c1ccc(N2CCC(N3CCCCC3)CC2)cc1. The number of rotatable bonds is 3. The molecular weight excluding hydrogens is 258 g/mol. The molecule has 2 heterocycles. The Morgan fingerprint density at radius 2 is 1.57 bits per heavy atom. The lowest BCUT2D eigenvalue weighted by molar-refractivity contribution is 0.141. The van der Waals surface area contributed by atoms with Gasteiger partial charge >= 0.3 is 0 Å². The van der Waals surface area contributed by atoms with Crippen molar-refractivity contribution >= 4 is 5.69 Å². The lowest BCUT2D eigenvalue weighted by atomic mass is 9.99. The Balaban J connectivity index is 1.55. The number of hydrogen-bond acceptors (Lipinski definition) is 3. The van der Waals surface area contributed by atoms with Gasteiger partial charge in [0.05, 0.1) is 0 Å². The maximum absolute atomic E-state index is 5.92. The second kappa shape index (κ2) is 6.80. The fraction of sp³-hybridized carbons (Fsp3) is 0.667. The van der Waals surface area contributed by atoms with Crippen LogP contribution in [0.5, 0.6) is 0 Å². The summed E-state index contributed by atoms with van der Waals surface area (Å²) in [4.78, 5) is 5.27. The lowest BCUT2D eigenvalue weighted by Gasteiger charge is -2.41. The summed E-state index contributed by atoms with van der Waals surface area (Å²) in [7, 11) is 0.